The van der Waals surface area contributed by atoms with Gasteiger partial charge in [0.05, 0.1) is 23.7 Å². The zero-order valence-electron chi connectivity index (χ0n) is 16.7. The fourth-order valence-electron chi connectivity index (χ4n) is 3.05. The molecule has 0 fully saturated rings. The van der Waals surface area contributed by atoms with Crippen molar-refractivity contribution in [2.75, 3.05) is 7.05 Å². The van der Waals surface area contributed by atoms with Gasteiger partial charge in [0, 0.05) is 10.3 Å². The molecule has 1 amide bonds. The molecule has 0 atom stereocenters. The lowest BCUT2D eigenvalue weighted by Crippen LogP contribution is -2.21. The lowest BCUT2D eigenvalue weighted by molar-refractivity contribution is 0.0955. The summed E-state index contributed by atoms with van der Waals surface area (Å²) in [6.45, 7) is 2.59. The second-order valence-electron chi connectivity index (χ2n) is 6.81. The van der Waals surface area contributed by atoms with E-state index in [0.717, 1.165) is 37.7 Å². The number of hydrogen-bond donors (Lipinski definition) is 2. The van der Waals surface area contributed by atoms with Gasteiger partial charge in [0.25, 0.3) is 5.91 Å². The number of amides is 1. The number of fused-ring (bicyclic) bond motifs is 1. The Balaban J connectivity index is 1.49. The summed E-state index contributed by atoms with van der Waals surface area (Å²) in [5.41, 5.74) is 1.72. The molecule has 11 heteroatoms. The largest absolute Gasteiger partial charge is 0.346 e. The average Bonchev–Trinajstić information content (AvgIpc) is 3.46. The van der Waals surface area contributed by atoms with Crippen molar-refractivity contribution in [1.82, 2.24) is 19.8 Å². The third kappa shape index (κ3) is 4.54. The van der Waals surface area contributed by atoms with Crippen molar-refractivity contribution in [3.63, 3.8) is 0 Å². The number of aryl methyl sites for hydroxylation is 1. The topological polar surface area (TPSA) is 93.1 Å². The van der Waals surface area contributed by atoms with Gasteiger partial charge in [0.1, 0.15) is 14.9 Å². The average molecular weight is 479 g/mol. The van der Waals surface area contributed by atoms with Crippen molar-refractivity contribution in [3.8, 4) is 0 Å². The van der Waals surface area contributed by atoms with Gasteiger partial charge in [-0.2, -0.15) is 5.10 Å². The van der Waals surface area contributed by atoms with Crippen molar-refractivity contribution in [2.24, 2.45) is 0 Å². The highest BCUT2D eigenvalue weighted by Crippen LogP contribution is 2.29. The minimum Gasteiger partial charge on any atom is -0.346 e. The molecule has 0 saturated heterocycles. The number of carbonyl (C=O) groups excluding carboxylic acids is 1. The van der Waals surface area contributed by atoms with Crippen molar-refractivity contribution >= 4 is 48.8 Å². The lowest BCUT2D eigenvalue weighted by atomic mass is 10.2. The van der Waals surface area contributed by atoms with Crippen LogP contribution in [0.25, 0.3) is 10.2 Å². The predicted molar refractivity (Wildman–Crippen MR) is 120 cm³/mol. The number of thiophene rings is 2. The van der Waals surface area contributed by atoms with Gasteiger partial charge in [-0.25, -0.2) is 17.5 Å². The second-order valence-corrected chi connectivity index (χ2v) is 11.1. The minimum atomic E-state index is -3.49. The minimum absolute atomic E-state index is 0.206. The van der Waals surface area contributed by atoms with Crippen LogP contribution in [0.1, 0.15) is 25.8 Å². The Bertz CT molecular complexity index is 1350. The molecule has 7 nitrogen and oxygen atoms in total. The Morgan fingerprint density at radius 1 is 1.16 bits per heavy atom. The molecule has 1 aromatic carbocycles. The summed E-state index contributed by atoms with van der Waals surface area (Å²) in [6, 6.07) is 11.3. The van der Waals surface area contributed by atoms with Gasteiger partial charge in [-0.15, -0.1) is 22.7 Å². The van der Waals surface area contributed by atoms with Gasteiger partial charge in [0.2, 0.25) is 10.0 Å². The first kappa shape index (κ1) is 21.6. The van der Waals surface area contributed by atoms with Gasteiger partial charge < -0.3 is 5.32 Å². The van der Waals surface area contributed by atoms with Crippen molar-refractivity contribution in [2.45, 2.75) is 24.2 Å². The lowest BCUT2D eigenvalue weighted by Gasteiger charge is -2.03. The number of sulfonamides is 1. The number of carbonyl (C=O) groups is 1. The van der Waals surface area contributed by atoms with E-state index in [4.69, 9.17) is 0 Å². The standard InChI is InChI=1S/C20H19FN4O3S3/c1-12-16-9-17(19(26)23-10-15-7-8-18(29-15)31(27,28)22-2)30-20(16)25(24-12)11-13-3-5-14(21)6-4-13/h3-9,22H,10-11H2,1-2H3,(H,23,26). The first-order valence-corrected chi connectivity index (χ1v) is 12.4. The van der Waals surface area contributed by atoms with Crippen LogP contribution in [0.4, 0.5) is 4.39 Å². The number of rotatable bonds is 7. The van der Waals surface area contributed by atoms with E-state index in [0.29, 0.717) is 11.4 Å². The predicted octanol–water partition coefficient (Wildman–Crippen LogP) is 3.49. The van der Waals surface area contributed by atoms with E-state index in [-0.39, 0.29) is 22.5 Å². The Morgan fingerprint density at radius 3 is 2.61 bits per heavy atom. The number of nitrogens with one attached hydrogen (secondary N) is 2. The molecular weight excluding hydrogens is 459 g/mol. The number of benzene rings is 1. The number of hydrogen-bond acceptors (Lipinski definition) is 6. The van der Waals surface area contributed by atoms with Gasteiger partial charge in [0.15, 0.2) is 0 Å². The Hall–Kier alpha value is -2.60. The third-order valence-corrected chi connectivity index (χ3v) is 8.81. The molecule has 0 aliphatic heterocycles. The quantitative estimate of drug-likeness (QED) is 0.425. The molecule has 0 aliphatic carbocycles. The van der Waals surface area contributed by atoms with E-state index >= 15 is 0 Å². The van der Waals surface area contributed by atoms with E-state index in [1.54, 1.807) is 18.2 Å². The van der Waals surface area contributed by atoms with Crippen molar-refractivity contribution in [1.29, 1.82) is 0 Å². The monoisotopic (exact) mass is 478 g/mol. The van der Waals surface area contributed by atoms with E-state index in [1.807, 2.05) is 17.7 Å². The van der Waals surface area contributed by atoms with Gasteiger partial charge in [-0.1, -0.05) is 12.1 Å². The van der Waals surface area contributed by atoms with Crippen LogP contribution in [0.15, 0.2) is 46.7 Å². The molecule has 3 aromatic heterocycles. The maximum absolute atomic E-state index is 13.2. The maximum Gasteiger partial charge on any atom is 0.261 e. The summed E-state index contributed by atoms with van der Waals surface area (Å²) in [4.78, 5) is 14.8. The Morgan fingerprint density at radius 2 is 1.90 bits per heavy atom. The summed E-state index contributed by atoms with van der Waals surface area (Å²) < 4.78 is 41.1. The van der Waals surface area contributed by atoms with Crippen LogP contribution in [0, 0.1) is 12.7 Å². The van der Waals surface area contributed by atoms with E-state index in [1.165, 1.54) is 36.6 Å². The fraction of sp³-hybridized carbons (Fsp3) is 0.200. The fourth-order valence-corrected chi connectivity index (χ4v) is 6.26. The Kier molecular flexibility index (Phi) is 5.93. The molecule has 4 aromatic rings. The van der Waals surface area contributed by atoms with Crippen LogP contribution in [-0.2, 0) is 23.1 Å². The summed E-state index contributed by atoms with van der Waals surface area (Å²) in [7, 11) is -2.13. The van der Waals surface area contributed by atoms with Crippen LogP contribution < -0.4 is 10.0 Å². The SMILES string of the molecule is CNS(=O)(=O)c1ccc(CNC(=O)c2cc3c(C)nn(Cc4ccc(F)cc4)c3s2)s1. The molecule has 2 N–H and O–H groups in total. The number of aromatic nitrogens is 2. The van der Waals surface area contributed by atoms with E-state index in [9.17, 15) is 17.6 Å². The summed E-state index contributed by atoms with van der Waals surface area (Å²) in [5, 5.41) is 8.27. The normalized spacial score (nSPS) is 11.8. The van der Waals surface area contributed by atoms with Gasteiger partial charge in [-0.05, 0) is 49.9 Å². The number of nitrogens with zero attached hydrogens (tertiary/aromatic N) is 2. The highest BCUT2D eigenvalue weighted by atomic mass is 32.2. The third-order valence-electron chi connectivity index (χ3n) is 4.67. The first-order valence-electron chi connectivity index (χ1n) is 9.28. The molecule has 162 valence electrons. The molecule has 0 unspecified atom stereocenters. The molecule has 0 radical (unpaired) electrons. The van der Waals surface area contributed by atoms with Crippen LogP contribution in [0.3, 0.4) is 0 Å². The summed E-state index contributed by atoms with van der Waals surface area (Å²) >= 11 is 2.45. The summed E-state index contributed by atoms with van der Waals surface area (Å²) in [5.74, 6) is -0.526. The van der Waals surface area contributed by atoms with Crippen molar-refractivity contribution in [3.05, 3.63) is 69.3 Å². The molecule has 0 saturated carbocycles. The molecular formula is C20H19FN4O3S3. The maximum atomic E-state index is 13.2. The smallest absolute Gasteiger partial charge is 0.261 e. The van der Waals surface area contributed by atoms with Crippen LogP contribution in [0.2, 0.25) is 0 Å². The summed E-state index contributed by atoms with van der Waals surface area (Å²) in [6.07, 6.45) is 0. The highest BCUT2D eigenvalue weighted by Gasteiger charge is 2.18. The zero-order chi connectivity index (χ0) is 22.2. The molecule has 0 aliphatic rings. The zero-order valence-corrected chi connectivity index (χ0v) is 19.1. The van der Waals surface area contributed by atoms with Crippen LogP contribution in [0.5, 0.6) is 0 Å². The molecule has 0 bridgehead atoms. The molecule has 3 heterocycles. The molecule has 31 heavy (non-hydrogen) atoms. The van der Waals surface area contributed by atoms with Crippen LogP contribution in [-0.4, -0.2) is 31.2 Å². The van der Waals surface area contributed by atoms with E-state index in [2.05, 4.69) is 15.1 Å². The second kappa shape index (κ2) is 8.50. The number of halogens is 1. The molecule has 4 rings (SSSR count). The van der Waals surface area contributed by atoms with Crippen molar-refractivity contribution < 1.29 is 17.6 Å². The Labute approximate surface area is 186 Å². The van der Waals surface area contributed by atoms with Gasteiger partial charge >= 0.3 is 0 Å². The first-order chi connectivity index (χ1) is 14.8. The van der Waals surface area contributed by atoms with E-state index < -0.39 is 10.0 Å². The van der Waals surface area contributed by atoms with Gasteiger partial charge in [-0.3, -0.25) is 9.48 Å². The van der Waals surface area contributed by atoms with Crippen LogP contribution >= 0.6 is 22.7 Å². The highest BCUT2D eigenvalue weighted by molar-refractivity contribution is 7.91. The molecule has 0 spiro atoms.